The van der Waals surface area contributed by atoms with Gasteiger partial charge in [-0.25, -0.2) is 9.78 Å². The van der Waals surface area contributed by atoms with Crippen molar-refractivity contribution in [3.8, 4) is 0 Å². The van der Waals surface area contributed by atoms with Gasteiger partial charge >= 0.3 is 5.97 Å². The maximum atomic E-state index is 10.1. The molecule has 0 aromatic carbocycles. The predicted octanol–water partition coefficient (Wildman–Crippen LogP) is 0.780. The number of pyridine rings is 1. The summed E-state index contributed by atoms with van der Waals surface area (Å²) in [6.45, 7) is 0. The summed E-state index contributed by atoms with van der Waals surface area (Å²) in [6.07, 6.45) is 1.45. The van der Waals surface area contributed by atoms with E-state index in [9.17, 15) is 4.79 Å². The van der Waals surface area contributed by atoms with Crippen molar-refractivity contribution in [1.29, 1.82) is 0 Å². The fourth-order valence-electron chi connectivity index (χ4n) is 0.489. The Morgan fingerprint density at radius 3 is 2.50 bits per heavy atom. The summed E-state index contributed by atoms with van der Waals surface area (Å²) < 4.78 is 0. The number of carbonyl (C=O) groups is 1. The molecule has 1 aromatic rings. The molecule has 0 aliphatic rings. The number of rotatable bonds is 1. The Hall–Kier alpha value is 0.204. The maximum absolute atomic E-state index is 10.1. The molecule has 0 saturated heterocycles. The van der Waals surface area contributed by atoms with Crippen LogP contribution in [0.25, 0.3) is 0 Å². The number of nitrogens with zero attached hydrogens (tertiary/aromatic N) is 1. The van der Waals surface area contributed by atoms with E-state index in [0.717, 1.165) is 0 Å². The molecule has 53 valence electrons. The first-order chi connectivity index (χ1) is 4.30. The van der Waals surface area contributed by atoms with Crippen LogP contribution in [0.3, 0.4) is 0 Å². The number of carboxylic acid groups (broad SMARTS) is 1. The van der Waals surface area contributed by atoms with Crippen molar-refractivity contribution in [3.05, 3.63) is 30.1 Å². The fraction of sp³-hybridized carbons (Fsp3) is 0. The van der Waals surface area contributed by atoms with Gasteiger partial charge in [0, 0.05) is 55.6 Å². The minimum Gasteiger partial charge on any atom is -0.477 e. The average Bonchev–Trinajstić information content (AvgIpc) is 1.90. The van der Waals surface area contributed by atoms with Crippen LogP contribution >= 0.6 is 0 Å². The number of aromatic nitrogens is 1. The van der Waals surface area contributed by atoms with Crippen molar-refractivity contribution in [3.63, 3.8) is 0 Å². The summed E-state index contributed by atoms with van der Waals surface area (Å²) in [5, 5.41) is 8.32. The van der Waals surface area contributed by atoms with E-state index in [2.05, 4.69) is 4.98 Å². The molecule has 1 rings (SSSR count). The van der Waals surface area contributed by atoms with Gasteiger partial charge in [-0.3, -0.25) is 0 Å². The molecular formula is C6H5EuNO2. The van der Waals surface area contributed by atoms with Gasteiger partial charge in [0.15, 0.2) is 0 Å². The van der Waals surface area contributed by atoms with Gasteiger partial charge in [0.1, 0.15) is 5.69 Å². The molecule has 4 heteroatoms. The van der Waals surface area contributed by atoms with Crippen LogP contribution in [0.4, 0.5) is 0 Å². The van der Waals surface area contributed by atoms with Gasteiger partial charge in [-0.2, -0.15) is 0 Å². The van der Waals surface area contributed by atoms with Crippen LogP contribution in [0.1, 0.15) is 10.5 Å². The largest absolute Gasteiger partial charge is 0.477 e. The van der Waals surface area contributed by atoms with E-state index in [1.807, 2.05) is 0 Å². The topological polar surface area (TPSA) is 50.2 Å². The van der Waals surface area contributed by atoms with Gasteiger partial charge in [0.25, 0.3) is 0 Å². The van der Waals surface area contributed by atoms with Crippen LogP contribution < -0.4 is 0 Å². The summed E-state index contributed by atoms with van der Waals surface area (Å²) in [4.78, 5) is 13.7. The summed E-state index contributed by atoms with van der Waals surface area (Å²) in [5.41, 5.74) is 0.0810. The molecule has 10 heavy (non-hydrogen) atoms. The summed E-state index contributed by atoms with van der Waals surface area (Å²) in [5.74, 6) is -0.990. The zero-order chi connectivity index (χ0) is 6.69. The second-order valence-corrected chi connectivity index (χ2v) is 1.52. The SMILES string of the molecule is O=C(O)c1ccccn1.[Eu]. The van der Waals surface area contributed by atoms with Crippen molar-refractivity contribution in [2.45, 2.75) is 0 Å². The molecular weight excluding hydrogens is 270 g/mol. The second-order valence-electron chi connectivity index (χ2n) is 1.52. The molecule has 3 nitrogen and oxygen atoms in total. The predicted molar refractivity (Wildman–Crippen MR) is 31.2 cm³/mol. The monoisotopic (exact) mass is 276 g/mol. The van der Waals surface area contributed by atoms with Gasteiger partial charge in [0.2, 0.25) is 0 Å². The van der Waals surface area contributed by atoms with Crippen LogP contribution in [0.2, 0.25) is 0 Å². The van der Waals surface area contributed by atoms with Crippen LogP contribution in [0.15, 0.2) is 24.4 Å². The Labute approximate surface area is 99.0 Å². The molecule has 0 saturated carbocycles. The zero-order valence-corrected chi connectivity index (χ0v) is 7.42. The van der Waals surface area contributed by atoms with Crippen LogP contribution in [0.5, 0.6) is 0 Å². The molecule has 0 spiro atoms. The van der Waals surface area contributed by atoms with Crippen molar-refractivity contribution in [2.24, 2.45) is 0 Å². The van der Waals surface area contributed by atoms with E-state index < -0.39 is 5.97 Å². The number of hydrogen-bond donors (Lipinski definition) is 1. The number of aromatic carboxylic acids is 1. The van der Waals surface area contributed by atoms with E-state index in [0.29, 0.717) is 0 Å². The Kier molecular flexibility index (Phi) is 5.04. The number of hydrogen-bond acceptors (Lipinski definition) is 2. The summed E-state index contributed by atoms with van der Waals surface area (Å²) in [6, 6.07) is 4.76. The smallest absolute Gasteiger partial charge is 0.354 e. The first-order valence-corrected chi connectivity index (χ1v) is 2.45. The van der Waals surface area contributed by atoms with E-state index in [4.69, 9.17) is 5.11 Å². The molecule has 0 aliphatic heterocycles. The molecule has 0 unspecified atom stereocenters. The van der Waals surface area contributed by atoms with Crippen molar-refractivity contribution < 1.29 is 59.3 Å². The minimum absolute atomic E-state index is 0. The Morgan fingerprint density at radius 2 is 2.20 bits per heavy atom. The fourth-order valence-corrected chi connectivity index (χ4v) is 0.489. The third-order valence-corrected chi connectivity index (χ3v) is 0.884. The standard InChI is InChI=1S/C6H5NO2.Eu/c8-6(9)5-3-1-2-4-7-5;/h1-4H,(H,8,9);. The minimum atomic E-state index is -0.990. The third-order valence-electron chi connectivity index (χ3n) is 0.884. The Morgan fingerprint density at radius 1 is 1.50 bits per heavy atom. The van der Waals surface area contributed by atoms with Crippen molar-refractivity contribution in [2.75, 3.05) is 0 Å². The quantitative estimate of drug-likeness (QED) is 0.824. The first kappa shape index (κ1) is 10.2. The van der Waals surface area contributed by atoms with Gasteiger partial charge in [0.05, 0.1) is 0 Å². The van der Waals surface area contributed by atoms with Crippen LogP contribution in [0, 0.1) is 49.4 Å². The van der Waals surface area contributed by atoms with Crippen molar-refractivity contribution >= 4 is 5.97 Å². The molecule has 0 fully saturated rings. The van der Waals surface area contributed by atoms with Gasteiger partial charge in [-0.1, -0.05) is 6.07 Å². The van der Waals surface area contributed by atoms with Gasteiger partial charge in [-0.15, -0.1) is 0 Å². The number of carboxylic acids is 1. The summed E-state index contributed by atoms with van der Waals surface area (Å²) in [7, 11) is 0. The first-order valence-electron chi connectivity index (χ1n) is 2.45. The van der Waals surface area contributed by atoms with E-state index in [1.54, 1.807) is 12.1 Å². The molecule has 1 aromatic heterocycles. The van der Waals surface area contributed by atoms with Crippen LogP contribution in [-0.2, 0) is 0 Å². The Balaban J connectivity index is 0.000000810. The van der Waals surface area contributed by atoms with Crippen molar-refractivity contribution in [1.82, 2.24) is 4.98 Å². The normalized spacial score (nSPS) is 8.00. The molecule has 1 N–H and O–H groups in total. The average molecular weight is 275 g/mol. The molecule has 0 bridgehead atoms. The van der Waals surface area contributed by atoms with E-state index in [-0.39, 0.29) is 55.1 Å². The molecule has 0 aliphatic carbocycles. The van der Waals surface area contributed by atoms with Gasteiger partial charge in [-0.05, 0) is 12.1 Å². The molecule has 0 amide bonds. The zero-order valence-electron chi connectivity index (χ0n) is 4.99. The molecule has 1 radical (unpaired) electrons. The van der Waals surface area contributed by atoms with E-state index in [1.165, 1.54) is 12.3 Å². The van der Waals surface area contributed by atoms with E-state index >= 15 is 0 Å². The third kappa shape index (κ3) is 2.86. The Bertz CT molecular complexity index is 212. The van der Waals surface area contributed by atoms with Crippen LogP contribution in [-0.4, -0.2) is 16.1 Å². The second kappa shape index (κ2) is 4.94. The molecule has 1 heterocycles. The maximum Gasteiger partial charge on any atom is 0.354 e. The van der Waals surface area contributed by atoms with Gasteiger partial charge < -0.3 is 5.11 Å². The summed E-state index contributed by atoms with van der Waals surface area (Å²) >= 11 is 0. The molecule has 0 atom stereocenters.